The lowest BCUT2D eigenvalue weighted by Gasteiger charge is -2.41. The van der Waals surface area contributed by atoms with Gasteiger partial charge in [0.2, 0.25) is 0 Å². The molecular weight excluding hydrogens is 430 g/mol. The van der Waals surface area contributed by atoms with Crippen molar-refractivity contribution >= 4 is 5.91 Å². The number of piperidine rings is 1. The van der Waals surface area contributed by atoms with Crippen LogP contribution in [-0.4, -0.2) is 65.4 Å². The molecule has 0 spiro atoms. The molecule has 2 aromatic carbocycles. The monoisotopic (exact) mass is 471 g/mol. The number of likely N-dealkylation sites (tertiary alicyclic amines) is 1. The van der Waals surface area contributed by atoms with Crippen molar-refractivity contribution in [2.75, 3.05) is 32.7 Å². The van der Waals surface area contributed by atoms with Gasteiger partial charge in [0.1, 0.15) is 0 Å². The van der Waals surface area contributed by atoms with Gasteiger partial charge < -0.3 is 4.90 Å². The van der Waals surface area contributed by atoms with Gasteiger partial charge in [-0.05, 0) is 67.3 Å². The number of hydrogen-bond donors (Lipinski definition) is 0. The van der Waals surface area contributed by atoms with Gasteiger partial charge in [0.15, 0.2) is 0 Å². The number of hydrogen-bond acceptors (Lipinski definition) is 3. The predicted octanol–water partition coefficient (Wildman–Crippen LogP) is 5.69. The maximum Gasteiger partial charge on any atom is 0.253 e. The molecule has 3 aliphatic rings. The second kappa shape index (κ2) is 11.1. The Morgan fingerprint density at radius 2 is 1.74 bits per heavy atom. The predicted molar refractivity (Wildman–Crippen MR) is 144 cm³/mol. The third-order valence-electron chi connectivity index (χ3n) is 8.45. The van der Waals surface area contributed by atoms with Crippen LogP contribution in [0.4, 0.5) is 0 Å². The van der Waals surface area contributed by atoms with Gasteiger partial charge in [-0.1, -0.05) is 55.8 Å². The third kappa shape index (κ3) is 5.24. The summed E-state index contributed by atoms with van der Waals surface area (Å²) in [6, 6.07) is 19.2. The van der Waals surface area contributed by atoms with E-state index >= 15 is 0 Å². The normalized spacial score (nSPS) is 24.2. The largest absolute Gasteiger partial charge is 0.339 e. The van der Waals surface area contributed by atoms with Crippen LogP contribution < -0.4 is 0 Å². The summed E-state index contributed by atoms with van der Waals surface area (Å²) in [6.45, 7) is 11.2. The Kier molecular flexibility index (Phi) is 7.69. The van der Waals surface area contributed by atoms with E-state index in [2.05, 4.69) is 77.9 Å². The molecule has 4 nitrogen and oxygen atoms in total. The zero-order valence-electron chi connectivity index (χ0n) is 21.4. The third-order valence-corrected chi connectivity index (χ3v) is 8.45. The van der Waals surface area contributed by atoms with Gasteiger partial charge in [-0.25, -0.2) is 0 Å². The van der Waals surface area contributed by atoms with Gasteiger partial charge in [-0.3, -0.25) is 14.6 Å². The summed E-state index contributed by atoms with van der Waals surface area (Å²) in [6.07, 6.45) is 10.5. The van der Waals surface area contributed by atoms with Gasteiger partial charge in [0, 0.05) is 50.4 Å². The summed E-state index contributed by atoms with van der Waals surface area (Å²) >= 11 is 0. The highest BCUT2D eigenvalue weighted by Crippen LogP contribution is 2.36. The fraction of sp³-hybridized carbons (Fsp3) is 0.516. The van der Waals surface area contributed by atoms with Gasteiger partial charge in [0.05, 0.1) is 6.04 Å². The van der Waals surface area contributed by atoms with Crippen LogP contribution in [-0.2, 0) is 6.42 Å². The molecule has 3 aliphatic heterocycles. The molecule has 3 saturated heterocycles. The molecule has 3 fully saturated rings. The molecule has 35 heavy (non-hydrogen) atoms. The molecule has 0 saturated carbocycles. The van der Waals surface area contributed by atoms with Gasteiger partial charge in [0.25, 0.3) is 5.91 Å². The van der Waals surface area contributed by atoms with E-state index in [0.717, 1.165) is 57.5 Å². The summed E-state index contributed by atoms with van der Waals surface area (Å²) in [5.41, 5.74) is 4.87. The number of amides is 1. The minimum atomic E-state index is 0.183. The Hall–Kier alpha value is -2.43. The number of benzene rings is 2. The Morgan fingerprint density at radius 1 is 0.971 bits per heavy atom. The molecule has 0 aromatic heterocycles. The lowest BCUT2D eigenvalue weighted by molar-refractivity contribution is 0.0793. The van der Waals surface area contributed by atoms with E-state index in [1.165, 1.54) is 42.4 Å². The lowest BCUT2D eigenvalue weighted by atomic mass is 9.93. The van der Waals surface area contributed by atoms with Crippen molar-refractivity contribution in [1.82, 2.24) is 14.7 Å². The van der Waals surface area contributed by atoms with E-state index in [9.17, 15) is 4.79 Å². The molecule has 0 N–H and O–H groups in total. The first-order valence-electron chi connectivity index (χ1n) is 13.8. The minimum absolute atomic E-state index is 0.183. The molecule has 186 valence electrons. The Labute approximate surface area is 211 Å². The van der Waals surface area contributed by atoms with Crippen LogP contribution in [0.2, 0.25) is 0 Å². The van der Waals surface area contributed by atoms with Crippen LogP contribution in [0, 0.1) is 0 Å². The van der Waals surface area contributed by atoms with Crippen LogP contribution in [0.5, 0.6) is 0 Å². The van der Waals surface area contributed by atoms with E-state index < -0.39 is 0 Å². The molecule has 1 amide bonds. The van der Waals surface area contributed by atoms with Crippen LogP contribution in [0.1, 0.15) is 78.5 Å². The van der Waals surface area contributed by atoms with Crippen molar-refractivity contribution in [2.24, 2.45) is 0 Å². The molecule has 0 radical (unpaired) electrons. The Bertz CT molecular complexity index is 1010. The number of nitrogens with zero attached hydrogens (tertiary/aromatic N) is 3. The molecule has 3 heterocycles. The van der Waals surface area contributed by atoms with Crippen LogP contribution in [0.25, 0.3) is 0 Å². The first-order chi connectivity index (χ1) is 17.2. The molecule has 3 atom stereocenters. The molecule has 2 aromatic rings. The maximum atomic E-state index is 13.0. The Morgan fingerprint density at radius 3 is 2.49 bits per heavy atom. The van der Waals surface area contributed by atoms with E-state index in [1.54, 1.807) is 0 Å². The fourth-order valence-electron chi connectivity index (χ4n) is 6.59. The SMILES string of the molecule is C=CCN1C2CCCC1CN(C(c1ccc(C(=O)N3CCCC3)cc1)c1cccc(CC)c1)CC2. The molecule has 5 rings (SSSR count). The van der Waals surface area contributed by atoms with Crippen molar-refractivity contribution < 1.29 is 4.79 Å². The van der Waals surface area contributed by atoms with E-state index in [-0.39, 0.29) is 11.9 Å². The van der Waals surface area contributed by atoms with E-state index in [4.69, 9.17) is 0 Å². The van der Waals surface area contributed by atoms with Crippen LogP contribution >= 0.6 is 0 Å². The molecule has 3 unspecified atom stereocenters. The molecule has 4 heteroatoms. The van der Waals surface area contributed by atoms with Crippen molar-refractivity contribution in [3.63, 3.8) is 0 Å². The smallest absolute Gasteiger partial charge is 0.253 e. The molecule has 0 aliphatic carbocycles. The first-order valence-corrected chi connectivity index (χ1v) is 13.8. The quantitative estimate of drug-likeness (QED) is 0.486. The average molecular weight is 472 g/mol. The summed E-state index contributed by atoms with van der Waals surface area (Å²) in [4.78, 5) is 20.4. The zero-order valence-corrected chi connectivity index (χ0v) is 21.4. The highest BCUT2D eigenvalue weighted by molar-refractivity contribution is 5.94. The summed E-state index contributed by atoms with van der Waals surface area (Å²) in [5, 5.41) is 0. The summed E-state index contributed by atoms with van der Waals surface area (Å²) < 4.78 is 0. The molecule has 2 bridgehead atoms. The van der Waals surface area contributed by atoms with E-state index in [1.807, 2.05) is 4.90 Å². The van der Waals surface area contributed by atoms with Crippen LogP contribution in [0.3, 0.4) is 0 Å². The second-order valence-corrected chi connectivity index (χ2v) is 10.6. The number of aryl methyl sites for hydroxylation is 1. The topological polar surface area (TPSA) is 26.8 Å². The maximum absolute atomic E-state index is 13.0. The number of carbonyl (C=O) groups is 1. The standard InChI is InChI=1S/C31H41N3O/c1-3-18-34-28-11-8-12-29(34)23-33(21-17-28)30(27-10-7-9-24(4-2)22-27)25-13-15-26(16-14-25)31(35)32-19-5-6-20-32/h3,7,9-10,13-16,22,28-30H,1,4-6,8,11-12,17-21,23H2,2H3. The van der Waals surface area contributed by atoms with Gasteiger partial charge in [-0.15, -0.1) is 6.58 Å². The van der Waals surface area contributed by atoms with Gasteiger partial charge in [-0.2, -0.15) is 0 Å². The van der Waals surface area contributed by atoms with Crippen molar-refractivity contribution in [3.05, 3.63) is 83.4 Å². The van der Waals surface area contributed by atoms with Crippen molar-refractivity contribution in [1.29, 1.82) is 0 Å². The van der Waals surface area contributed by atoms with Crippen molar-refractivity contribution in [3.8, 4) is 0 Å². The summed E-state index contributed by atoms with van der Waals surface area (Å²) in [5.74, 6) is 0.183. The number of fused-ring (bicyclic) bond motifs is 2. The zero-order chi connectivity index (χ0) is 24.2. The Balaban J connectivity index is 1.46. The minimum Gasteiger partial charge on any atom is -0.339 e. The summed E-state index contributed by atoms with van der Waals surface area (Å²) in [7, 11) is 0. The van der Waals surface area contributed by atoms with E-state index in [0.29, 0.717) is 12.1 Å². The fourth-order valence-corrected chi connectivity index (χ4v) is 6.59. The second-order valence-electron chi connectivity index (χ2n) is 10.6. The average Bonchev–Trinajstić information content (AvgIpc) is 3.41. The van der Waals surface area contributed by atoms with Crippen LogP contribution in [0.15, 0.2) is 61.2 Å². The number of rotatable bonds is 7. The van der Waals surface area contributed by atoms with Gasteiger partial charge >= 0.3 is 0 Å². The highest BCUT2D eigenvalue weighted by Gasteiger charge is 2.36. The highest BCUT2D eigenvalue weighted by atomic mass is 16.2. The number of carbonyl (C=O) groups excluding carboxylic acids is 1. The lowest BCUT2D eigenvalue weighted by Crippen LogP contribution is -2.48. The molecular formula is C31H41N3O. The first kappa shape index (κ1) is 24.3. The van der Waals surface area contributed by atoms with Crippen molar-refractivity contribution in [2.45, 2.75) is 70.0 Å².